The average Bonchev–Trinajstić information content (AvgIpc) is 3.58. The second kappa shape index (κ2) is 9.48. The van der Waals surface area contributed by atoms with Crippen LogP contribution in [0, 0.1) is 0 Å². The lowest BCUT2D eigenvalue weighted by molar-refractivity contribution is 0.116. The first kappa shape index (κ1) is 24.1. The van der Waals surface area contributed by atoms with Crippen molar-refractivity contribution in [2.75, 3.05) is 5.73 Å². The van der Waals surface area contributed by atoms with Crippen molar-refractivity contribution in [3.05, 3.63) is 77.2 Å². The molecular weight excluding hydrogens is 480 g/mol. The van der Waals surface area contributed by atoms with Gasteiger partial charge in [0.25, 0.3) is 6.43 Å². The maximum absolute atomic E-state index is 12.9. The summed E-state index contributed by atoms with van der Waals surface area (Å²) in [6.45, 7) is 4.53. The van der Waals surface area contributed by atoms with E-state index in [9.17, 15) is 8.78 Å². The fourth-order valence-corrected chi connectivity index (χ4v) is 7.07. The molecule has 2 atom stereocenters. The van der Waals surface area contributed by atoms with Crippen molar-refractivity contribution in [3.63, 3.8) is 0 Å². The predicted molar refractivity (Wildman–Crippen MR) is 140 cm³/mol. The van der Waals surface area contributed by atoms with E-state index in [4.69, 9.17) is 21.0 Å². The third-order valence-electron chi connectivity index (χ3n) is 6.64. The van der Waals surface area contributed by atoms with E-state index in [-0.39, 0.29) is 5.82 Å². The van der Waals surface area contributed by atoms with Crippen molar-refractivity contribution in [1.29, 1.82) is 0 Å². The van der Waals surface area contributed by atoms with E-state index in [0.717, 1.165) is 12.0 Å². The summed E-state index contributed by atoms with van der Waals surface area (Å²) in [6, 6.07) is 15.3. The fourth-order valence-electron chi connectivity index (χ4n) is 4.12. The van der Waals surface area contributed by atoms with Crippen LogP contribution in [0.3, 0.4) is 0 Å². The van der Waals surface area contributed by atoms with Gasteiger partial charge in [0.05, 0.1) is 17.9 Å². The summed E-state index contributed by atoms with van der Waals surface area (Å²) in [7, 11) is -0.905. The van der Waals surface area contributed by atoms with E-state index in [1.165, 1.54) is 4.90 Å². The van der Waals surface area contributed by atoms with E-state index >= 15 is 0 Å². The molecule has 2 unspecified atom stereocenters. The molecule has 0 saturated heterocycles. The fraction of sp³-hybridized carbons (Fsp3) is 0.222. The van der Waals surface area contributed by atoms with Crippen LogP contribution in [0.25, 0.3) is 34.0 Å². The van der Waals surface area contributed by atoms with Crippen LogP contribution >= 0.6 is 10.0 Å². The molecule has 0 aliphatic carbocycles. The molecule has 1 aliphatic rings. The Labute approximate surface area is 209 Å². The van der Waals surface area contributed by atoms with Crippen LogP contribution in [-0.2, 0) is 0 Å². The first-order valence-electron chi connectivity index (χ1n) is 11.7. The van der Waals surface area contributed by atoms with Gasteiger partial charge in [0, 0.05) is 17.2 Å². The highest BCUT2D eigenvalue weighted by atomic mass is 32.3. The first-order valence-corrected chi connectivity index (χ1v) is 13.5. The molecule has 0 saturated carbocycles. The molecule has 186 valence electrons. The van der Waals surface area contributed by atoms with E-state index in [1.807, 2.05) is 0 Å². The minimum absolute atomic E-state index is 0.221. The predicted octanol–water partition coefficient (Wildman–Crippen LogP) is 6.76. The lowest BCUT2D eigenvalue weighted by Gasteiger charge is -2.28. The van der Waals surface area contributed by atoms with Crippen molar-refractivity contribution in [3.8, 4) is 34.0 Å². The Morgan fingerprint density at radius 2 is 1.61 bits per heavy atom. The van der Waals surface area contributed by atoms with E-state index in [0.29, 0.717) is 39.2 Å². The zero-order chi connectivity index (χ0) is 25.4. The molecule has 2 aromatic carbocycles. The molecule has 1 aliphatic heterocycles. The molecule has 0 amide bonds. The summed E-state index contributed by atoms with van der Waals surface area (Å²) in [5.41, 5.74) is 15.2. The lowest BCUT2D eigenvalue weighted by Crippen LogP contribution is -2.18. The number of nitrogen functional groups attached to an aromatic ring is 1. The zero-order valence-electron chi connectivity index (χ0n) is 19.9. The Hall–Kier alpha value is -3.56. The molecule has 0 bridgehead atoms. The third-order valence-corrected chi connectivity index (χ3v) is 10.2. The maximum Gasteiger partial charge on any atom is 0.257 e. The van der Waals surface area contributed by atoms with Gasteiger partial charge >= 0.3 is 0 Å². The Morgan fingerprint density at radius 3 is 2.22 bits per heavy atom. The van der Waals surface area contributed by atoms with Crippen molar-refractivity contribution in [2.24, 2.45) is 5.73 Å². The first-order chi connectivity index (χ1) is 17.3. The number of rotatable bonds is 8. The smallest absolute Gasteiger partial charge is 0.257 e. The molecular formula is C27H27F2N5OS. The number of aromatic nitrogens is 3. The van der Waals surface area contributed by atoms with Gasteiger partial charge in [0.15, 0.2) is 17.3 Å². The normalized spacial score (nSPS) is 16.6. The largest absolute Gasteiger partial charge is 0.382 e. The number of nitrogens with two attached hydrogens (primary N) is 2. The second-order valence-corrected chi connectivity index (χ2v) is 12.2. The van der Waals surface area contributed by atoms with Crippen LogP contribution in [0.2, 0.25) is 0 Å². The molecule has 36 heavy (non-hydrogen) atoms. The van der Waals surface area contributed by atoms with Gasteiger partial charge in [-0.2, -0.15) is 10.0 Å². The maximum atomic E-state index is 12.9. The zero-order valence-corrected chi connectivity index (χ0v) is 20.8. The van der Waals surface area contributed by atoms with E-state index in [1.54, 1.807) is 36.5 Å². The highest BCUT2D eigenvalue weighted by Crippen LogP contribution is 2.73. The van der Waals surface area contributed by atoms with E-state index < -0.39 is 22.5 Å². The standard InChI is InChI=1S/C27H27F2N5OS/c1-3-16(2)36(12-13-36)20-10-8-18(9-11-20)22-15-32-27(31)25(33-22)23-14-21(34-35-23)17-4-6-19(7-5-17)24(30)26(28)29/h4-16,24,26H,3,30H2,1-2H3,(H2,31,32). The van der Waals surface area contributed by atoms with Gasteiger partial charge in [0.2, 0.25) is 0 Å². The topological polar surface area (TPSA) is 104 Å². The van der Waals surface area contributed by atoms with Gasteiger partial charge in [-0.1, -0.05) is 55.4 Å². The Morgan fingerprint density at radius 1 is 0.972 bits per heavy atom. The van der Waals surface area contributed by atoms with Gasteiger partial charge in [0.1, 0.15) is 5.69 Å². The Bertz CT molecular complexity index is 1400. The molecule has 6 nitrogen and oxygen atoms in total. The highest BCUT2D eigenvalue weighted by molar-refractivity contribution is 8.44. The number of hydrogen-bond acceptors (Lipinski definition) is 6. The van der Waals surface area contributed by atoms with Crippen molar-refractivity contribution < 1.29 is 13.3 Å². The monoisotopic (exact) mass is 507 g/mol. The number of alkyl halides is 2. The number of nitrogens with zero attached hydrogens (tertiary/aromatic N) is 3. The molecule has 0 spiro atoms. The SMILES string of the molecule is CCC(C)S1(c2ccc(-c3cnc(N)c(-c4cc(-c5ccc(C(N)C(F)F)cc5)no4)n3)cc2)C=C1. The summed E-state index contributed by atoms with van der Waals surface area (Å²) in [4.78, 5) is 10.4. The van der Waals surface area contributed by atoms with Crippen LogP contribution in [-0.4, -0.2) is 26.8 Å². The molecule has 4 aromatic rings. The third kappa shape index (κ3) is 4.40. The van der Waals surface area contributed by atoms with Crippen LogP contribution in [0.15, 0.2) is 81.0 Å². The minimum Gasteiger partial charge on any atom is -0.382 e. The van der Waals surface area contributed by atoms with E-state index in [2.05, 4.69) is 59.1 Å². The van der Waals surface area contributed by atoms with Gasteiger partial charge in [-0.25, -0.2) is 18.7 Å². The molecule has 0 fully saturated rings. The Kier molecular flexibility index (Phi) is 6.36. The molecule has 2 aromatic heterocycles. The quantitative estimate of drug-likeness (QED) is 0.273. The minimum atomic E-state index is -2.63. The summed E-state index contributed by atoms with van der Waals surface area (Å²) in [6.07, 6.45) is 0.152. The summed E-state index contributed by atoms with van der Waals surface area (Å²) in [5, 5.41) is 9.43. The van der Waals surface area contributed by atoms with Crippen molar-refractivity contribution >= 4 is 15.8 Å². The number of benzene rings is 2. The van der Waals surface area contributed by atoms with Crippen LogP contribution in [0.4, 0.5) is 14.6 Å². The molecule has 4 N–H and O–H groups in total. The van der Waals surface area contributed by atoms with Gasteiger partial charge in [-0.3, -0.25) is 0 Å². The van der Waals surface area contributed by atoms with Crippen molar-refractivity contribution in [2.45, 2.75) is 42.9 Å². The highest BCUT2D eigenvalue weighted by Gasteiger charge is 2.35. The summed E-state index contributed by atoms with van der Waals surface area (Å²) in [5.74, 6) is 0.586. The summed E-state index contributed by atoms with van der Waals surface area (Å²) >= 11 is 0. The molecule has 9 heteroatoms. The lowest BCUT2D eigenvalue weighted by atomic mass is 10.0. The number of halogens is 2. The second-order valence-electron chi connectivity index (χ2n) is 8.82. The van der Waals surface area contributed by atoms with Crippen LogP contribution < -0.4 is 11.5 Å². The average molecular weight is 508 g/mol. The molecule has 0 radical (unpaired) electrons. The van der Waals surface area contributed by atoms with Gasteiger partial charge in [-0.15, -0.1) is 0 Å². The molecule has 3 heterocycles. The number of anilines is 1. The number of hydrogen-bond donors (Lipinski definition) is 2. The Balaban J connectivity index is 1.39. The van der Waals surface area contributed by atoms with Gasteiger partial charge < -0.3 is 16.0 Å². The van der Waals surface area contributed by atoms with Crippen LogP contribution in [0.5, 0.6) is 0 Å². The van der Waals surface area contributed by atoms with Crippen LogP contribution in [0.1, 0.15) is 31.9 Å². The van der Waals surface area contributed by atoms with Gasteiger partial charge in [-0.05, 0) is 45.1 Å². The summed E-state index contributed by atoms with van der Waals surface area (Å²) < 4.78 is 31.2. The van der Waals surface area contributed by atoms with Crippen molar-refractivity contribution in [1.82, 2.24) is 15.1 Å². The molecule has 5 rings (SSSR count).